The summed E-state index contributed by atoms with van der Waals surface area (Å²) in [5.74, 6) is 0. The molecule has 1 aromatic heterocycles. The zero-order valence-corrected chi connectivity index (χ0v) is 9.39. The Morgan fingerprint density at radius 1 is 1.33 bits per heavy atom. The molecule has 0 radical (unpaired) electrons. The Hall–Kier alpha value is -0.400. The van der Waals surface area contributed by atoms with E-state index in [1.807, 2.05) is 12.1 Å². The van der Waals surface area contributed by atoms with Gasteiger partial charge in [-0.25, -0.2) is 4.98 Å². The lowest BCUT2D eigenvalue weighted by atomic mass is 10.2. The molecule has 0 aliphatic rings. The largest absolute Gasteiger partial charge is 0.241 e. The molecule has 0 fully saturated rings. The first-order chi connectivity index (χ1) is 5.81. The van der Waals surface area contributed by atoms with Crippen LogP contribution < -0.4 is 0 Å². The van der Waals surface area contributed by atoms with Gasteiger partial charge in [-0.3, -0.25) is 0 Å². The topological polar surface area (TPSA) is 36.7 Å². The highest BCUT2D eigenvalue weighted by molar-refractivity contribution is 9.09. The third-order valence-electron chi connectivity index (χ3n) is 1.45. The van der Waals surface area contributed by atoms with Crippen LogP contribution in [0.4, 0.5) is 0 Å². The van der Waals surface area contributed by atoms with Crippen LogP contribution in [-0.2, 0) is 10.7 Å². The summed E-state index contributed by atoms with van der Waals surface area (Å²) >= 11 is 6.67. The lowest BCUT2D eigenvalue weighted by molar-refractivity contribution is 1.11. The molecule has 0 unspecified atom stereocenters. The first-order valence-electron chi connectivity index (χ1n) is 3.32. The SMILES string of the molecule is N#Cc1ccc(CBr)c(CBr)n1. The summed E-state index contributed by atoms with van der Waals surface area (Å²) in [4.78, 5) is 4.14. The molecule has 4 heteroatoms. The van der Waals surface area contributed by atoms with Gasteiger partial charge in [-0.05, 0) is 11.6 Å². The average molecular weight is 290 g/mol. The van der Waals surface area contributed by atoms with Crippen LogP contribution in [0.1, 0.15) is 17.0 Å². The van der Waals surface area contributed by atoms with Crippen LogP contribution in [0, 0.1) is 11.3 Å². The van der Waals surface area contributed by atoms with Crippen LogP contribution in [0.5, 0.6) is 0 Å². The second kappa shape index (κ2) is 4.58. The van der Waals surface area contributed by atoms with E-state index in [9.17, 15) is 0 Å². The van der Waals surface area contributed by atoms with Gasteiger partial charge in [-0.2, -0.15) is 5.26 Å². The highest BCUT2D eigenvalue weighted by Gasteiger charge is 2.02. The maximum atomic E-state index is 8.58. The van der Waals surface area contributed by atoms with Gasteiger partial charge in [-0.15, -0.1) is 0 Å². The van der Waals surface area contributed by atoms with E-state index in [0.717, 1.165) is 16.6 Å². The Kier molecular flexibility index (Phi) is 3.70. The van der Waals surface area contributed by atoms with Gasteiger partial charge in [-0.1, -0.05) is 37.9 Å². The van der Waals surface area contributed by atoms with E-state index in [-0.39, 0.29) is 0 Å². The lowest BCUT2D eigenvalue weighted by Gasteiger charge is -2.01. The van der Waals surface area contributed by atoms with Gasteiger partial charge < -0.3 is 0 Å². The van der Waals surface area contributed by atoms with E-state index in [4.69, 9.17) is 5.26 Å². The fourth-order valence-electron chi connectivity index (χ4n) is 0.830. The van der Waals surface area contributed by atoms with Gasteiger partial charge >= 0.3 is 0 Å². The minimum atomic E-state index is 0.467. The van der Waals surface area contributed by atoms with E-state index in [1.165, 1.54) is 0 Å². The molecular weight excluding hydrogens is 284 g/mol. The van der Waals surface area contributed by atoms with Crippen molar-refractivity contribution in [1.29, 1.82) is 5.26 Å². The molecule has 0 atom stereocenters. The molecule has 0 saturated heterocycles. The third kappa shape index (κ3) is 2.05. The molecule has 12 heavy (non-hydrogen) atoms. The Labute approximate surface area is 87.9 Å². The van der Waals surface area contributed by atoms with Gasteiger partial charge in [0.2, 0.25) is 0 Å². The van der Waals surface area contributed by atoms with Crippen molar-refractivity contribution in [2.45, 2.75) is 10.7 Å². The molecule has 0 bridgehead atoms. The van der Waals surface area contributed by atoms with Gasteiger partial charge in [0, 0.05) is 10.7 Å². The molecule has 0 aliphatic heterocycles. The van der Waals surface area contributed by atoms with Crippen molar-refractivity contribution in [3.63, 3.8) is 0 Å². The number of hydrogen-bond acceptors (Lipinski definition) is 2. The normalized spacial score (nSPS) is 9.42. The highest BCUT2D eigenvalue weighted by Crippen LogP contribution is 2.14. The third-order valence-corrected chi connectivity index (χ3v) is 2.59. The Balaban J connectivity index is 3.13. The highest BCUT2D eigenvalue weighted by atomic mass is 79.9. The Morgan fingerprint density at radius 2 is 2.08 bits per heavy atom. The van der Waals surface area contributed by atoms with Crippen molar-refractivity contribution >= 4 is 31.9 Å². The summed E-state index contributed by atoms with van der Waals surface area (Å²) in [6.07, 6.45) is 0. The molecule has 2 nitrogen and oxygen atoms in total. The summed E-state index contributed by atoms with van der Waals surface area (Å²) < 4.78 is 0. The number of hydrogen-bond donors (Lipinski definition) is 0. The van der Waals surface area contributed by atoms with Crippen molar-refractivity contribution in [3.8, 4) is 6.07 Å². The minimum absolute atomic E-state index is 0.467. The Morgan fingerprint density at radius 3 is 2.58 bits per heavy atom. The second-order valence-electron chi connectivity index (χ2n) is 2.18. The number of pyridine rings is 1. The maximum absolute atomic E-state index is 8.58. The van der Waals surface area contributed by atoms with Crippen LogP contribution in [0.25, 0.3) is 0 Å². The van der Waals surface area contributed by atoms with Crippen LogP contribution in [0.2, 0.25) is 0 Å². The minimum Gasteiger partial charge on any atom is -0.241 e. The van der Waals surface area contributed by atoms with Gasteiger partial charge in [0.05, 0.1) is 5.69 Å². The smallest absolute Gasteiger partial charge is 0.140 e. The number of halogens is 2. The van der Waals surface area contributed by atoms with E-state index in [0.29, 0.717) is 11.0 Å². The molecule has 0 N–H and O–H groups in total. The maximum Gasteiger partial charge on any atom is 0.140 e. The molecule has 0 spiro atoms. The summed E-state index contributed by atoms with van der Waals surface area (Å²) in [6.45, 7) is 0. The number of nitrogens with zero attached hydrogens (tertiary/aromatic N) is 2. The van der Waals surface area contributed by atoms with Crippen molar-refractivity contribution in [2.24, 2.45) is 0 Å². The van der Waals surface area contributed by atoms with E-state index in [1.54, 1.807) is 6.07 Å². The number of alkyl halides is 2. The molecule has 0 amide bonds. The average Bonchev–Trinajstić information content (AvgIpc) is 2.16. The van der Waals surface area contributed by atoms with E-state index in [2.05, 4.69) is 36.8 Å². The van der Waals surface area contributed by atoms with Crippen LogP contribution in [0.15, 0.2) is 12.1 Å². The molecule has 0 aliphatic carbocycles. The summed E-state index contributed by atoms with van der Waals surface area (Å²) in [6, 6.07) is 5.64. The predicted molar refractivity (Wildman–Crippen MR) is 54.2 cm³/mol. The lowest BCUT2D eigenvalue weighted by Crippen LogP contribution is -1.94. The molecule has 1 heterocycles. The monoisotopic (exact) mass is 288 g/mol. The molecule has 0 saturated carbocycles. The molecule has 0 aromatic carbocycles. The van der Waals surface area contributed by atoms with Gasteiger partial charge in [0.25, 0.3) is 0 Å². The van der Waals surface area contributed by atoms with Crippen LogP contribution in [-0.4, -0.2) is 4.98 Å². The van der Waals surface area contributed by atoms with Crippen molar-refractivity contribution in [3.05, 3.63) is 29.1 Å². The van der Waals surface area contributed by atoms with Crippen molar-refractivity contribution < 1.29 is 0 Å². The first kappa shape index (κ1) is 9.69. The molecule has 1 rings (SSSR count). The molecular formula is C8H6Br2N2. The summed E-state index contributed by atoms with van der Waals surface area (Å²) in [5, 5.41) is 10.0. The standard InChI is InChI=1S/C8H6Br2N2/c9-3-6-1-2-7(5-11)12-8(6)4-10/h1-2H,3-4H2. The number of aromatic nitrogens is 1. The molecule has 62 valence electrons. The molecule has 1 aromatic rings. The first-order valence-corrected chi connectivity index (χ1v) is 5.57. The quantitative estimate of drug-likeness (QED) is 0.785. The fraction of sp³-hybridized carbons (Fsp3) is 0.250. The predicted octanol–water partition coefficient (Wildman–Crippen LogP) is 2.74. The van der Waals surface area contributed by atoms with Crippen molar-refractivity contribution in [1.82, 2.24) is 4.98 Å². The van der Waals surface area contributed by atoms with Crippen molar-refractivity contribution in [2.75, 3.05) is 0 Å². The fourth-order valence-corrected chi connectivity index (χ4v) is 1.83. The number of nitriles is 1. The summed E-state index contributed by atoms with van der Waals surface area (Å²) in [5.41, 5.74) is 2.51. The zero-order chi connectivity index (χ0) is 8.97. The van der Waals surface area contributed by atoms with E-state index < -0.39 is 0 Å². The van der Waals surface area contributed by atoms with Crippen LogP contribution in [0.3, 0.4) is 0 Å². The van der Waals surface area contributed by atoms with Gasteiger partial charge in [0.1, 0.15) is 11.8 Å². The second-order valence-corrected chi connectivity index (χ2v) is 3.30. The van der Waals surface area contributed by atoms with E-state index >= 15 is 0 Å². The van der Waals surface area contributed by atoms with Crippen LogP contribution >= 0.6 is 31.9 Å². The summed E-state index contributed by atoms with van der Waals surface area (Å²) in [7, 11) is 0. The zero-order valence-electron chi connectivity index (χ0n) is 6.22. The van der Waals surface area contributed by atoms with Gasteiger partial charge in [0.15, 0.2) is 0 Å². The number of rotatable bonds is 2. The Bertz CT molecular complexity index is 317.